The van der Waals surface area contributed by atoms with Gasteiger partial charge in [-0.1, -0.05) is 12.1 Å². The molecule has 0 aromatic heterocycles. The number of benzene rings is 1. The van der Waals surface area contributed by atoms with Gasteiger partial charge in [0.1, 0.15) is 5.82 Å². The molecule has 1 saturated heterocycles. The molecule has 3 nitrogen and oxygen atoms in total. The second-order valence-corrected chi connectivity index (χ2v) is 5.07. The fourth-order valence-electron chi connectivity index (χ4n) is 2.33. The Kier molecular flexibility index (Phi) is 4.95. The van der Waals surface area contributed by atoms with Gasteiger partial charge in [0.2, 0.25) is 0 Å². The number of Topliss-reactive ketones (excluding diaryl/α,β-unsaturated/α-hetero) is 1. The van der Waals surface area contributed by atoms with Crippen LogP contribution in [0.1, 0.15) is 10.4 Å². The molecule has 0 amide bonds. The number of carbonyl (C=O) groups excluding carboxylic acids is 1. The van der Waals surface area contributed by atoms with Crippen molar-refractivity contribution in [3.8, 4) is 0 Å². The van der Waals surface area contributed by atoms with Gasteiger partial charge in [-0.25, -0.2) is 4.39 Å². The van der Waals surface area contributed by atoms with Crippen molar-refractivity contribution in [2.24, 2.45) is 0 Å². The van der Waals surface area contributed by atoms with Gasteiger partial charge in [-0.3, -0.25) is 14.6 Å². The SMILES string of the molecule is O=C(CN1CCN(CC(F)(F)F)CC1)c1ccccc1F. The zero-order chi connectivity index (χ0) is 15.5. The highest BCUT2D eigenvalue weighted by molar-refractivity contribution is 5.97. The summed E-state index contributed by atoms with van der Waals surface area (Å²) in [6.07, 6.45) is -4.20. The Morgan fingerprint density at radius 3 is 2.19 bits per heavy atom. The van der Waals surface area contributed by atoms with Gasteiger partial charge < -0.3 is 0 Å². The minimum absolute atomic E-state index is 0.0234. The molecule has 0 saturated carbocycles. The number of hydrogen-bond acceptors (Lipinski definition) is 3. The van der Waals surface area contributed by atoms with E-state index in [0.29, 0.717) is 13.1 Å². The first kappa shape index (κ1) is 15.9. The molecule has 0 unspecified atom stereocenters. The van der Waals surface area contributed by atoms with E-state index in [2.05, 4.69) is 0 Å². The second-order valence-electron chi connectivity index (χ2n) is 5.07. The monoisotopic (exact) mass is 304 g/mol. The maximum Gasteiger partial charge on any atom is 0.401 e. The van der Waals surface area contributed by atoms with E-state index in [-0.39, 0.29) is 31.0 Å². The lowest BCUT2D eigenvalue weighted by molar-refractivity contribution is -0.149. The number of carbonyl (C=O) groups is 1. The van der Waals surface area contributed by atoms with Crippen LogP contribution in [0.2, 0.25) is 0 Å². The molecule has 2 rings (SSSR count). The number of hydrogen-bond donors (Lipinski definition) is 0. The van der Waals surface area contributed by atoms with Gasteiger partial charge >= 0.3 is 6.18 Å². The van der Waals surface area contributed by atoms with Crippen LogP contribution < -0.4 is 0 Å². The Bertz CT molecular complexity index is 496. The van der Waals surface area contributed by atoms with Crippen LogP contribution >= 0.6 is 0 Å². The molecule has 21 heavy (non-hydrogen) atoms. The van der Waals surface area contributed by atoms with E-state index in [0.717, 1.165) is 0 Å². The summed E-state index contributed by atoms with van der Waals surface area (Å²) >= 11 is 0. The third kappa shape index (κ3) is 4.78. The first-order valence-corrected chi connectivity index (χ1v) is 6.64. The van der Waals surface area contributed by atoms with Gasteiger partial charge in [0, 0.05) is 26.2 Å². The highest BCUT2D eigenvalue weighted by Gasteiger charge is 2.32. The highest BCUT2D eigenvalue weighted by Crippen LogP contribution is 2.17. The van der Waals surface area contributed by atoms with Crippen molar-refractivity contribution in [3.05, 3.63) is 35.6 Å². The molecule has 116 valence electrons. The van der Waals surface area contributed by atoms with Gasteiger partial charge in [0.25, 0.3) is 0 Å². The van der Waals surface area contributed by atoms with E-state index in [9.17, 15) is 22.4 Å². The Balaban J connectivity index is 1.84. The molecule has 7 heteroatoms. The molecule has 1 aliphatic rings. The van der Waals surface area contributed by atoms with Crippen molar-refractivity contribution in [1.82, 2.24) is 9.80 Å². The van der Waals surface area contributed by atoms with Crippen LogP contribution in [0.15, 0.2) is 24.3 Å². The summed E-state index contributed by atoms with van der Waals surface area (Å²) in [6.45, 7) is 0.351. The number of halogens is 4. The standard InChI is InChI=1S/C14H16F4N2O/c15-12-4-2-1-3-11(12)13(21)9-19-5-7-20(8-6-19)10-14(16,17)18/h1-4H,5-10H2. The lowest BCUT2D eigenvalue weighted by atomic mass is 10.1. The topological polar surface area (TPSA) is 23.6 Å². The van der Waals surface area contributed by atoms with Crippen LogP contribution in [-0.4, -0.2) is 61.0 Å². The molecule has 0 aliphatic carbocycles. The molecule has 0 atom stereocenters. The van der Waals surface area contributed by atoms with E-state index in [1.165, 1.54) is 23.1 Å². The summed E-state index contributed by atoms with van der Waals surface area (Å²) in [5.74, 6) is -0.921. The van der Waals surface area contributed by atoms with Gasteiger partial charge in [0.05, 0.1) is 18.7 Å². The van der Waals surface area contributed by atoms with Crippen molar-refractivity contribution in [3.63, 3.8) is 0 Å². The molecule has 0 N–H and O–H groups in total. The molecular weight excluding hydrogens is 288 g/mol. The lowest BCUT2D eigenvalue weighted by Crippen LogP contribution is -2.50. The summed E-state index contributed by atoms with van der Waals surface area (Å²) in [4.78, 5) is 15.0. The van der Waals surface area contributed by atoms with E-state index >= 15 is 0 Å². The molecule has 0 bridgehead atoms. The number of alkyl halides is 3. The average molecular weight is 304 g/mol. The van der Waals surface area contributed by atoms with Crippen LogP contribution in [-0.2, 0) is 0 Å². The smallest absolute Gasteiger partial charge is 0.293 e. The van der Waals surface area contributed by atoms with Crippen molar-refractivity contribution in [1.29, 1.82) is 0 Å². The van der Waals surface area contributed by atoms with Crippen LogP contribution in [0.3, 0.4) is 0 Å². The van der Waals surface area contributed by atoms with Crippen LogP contribution in [0.25, 0.3) is 0 Å². The van der Waals surface area contributed by atoms with E-state index in [4.69, 9.17) is 0 Å². The zero-order valence-corrected chi connectivity index (χ0v) is 11.4. The zero-order valence-electron chi connectivity index (χ0n) is 11.4. The average Bonchev–Trinajstić information content (AvgIpc) is 2.40. The normalized spacial score (nSPS) is 17.9. The Morgan fingerprint density at radius 2 is 1.62 bits per heavy atom. The quantitative estimate of drug-likeness (QED) is 0.629. The maximum atomic E-state index is 13.5. The van der Waals surface area contributed by atoms with E-state index in [1.807, 2.05) is 0 Å². The molecule has 1 fully saturated rings. The van der Waals surface area contributed by atoms with Gasteiger partial charge in [-0.15, -0.1) is 0 Å². The summed E-state index contributed by atoms with van der Waals surface area (Å²) in [6, 6.07) is 5.71. The summed E-state index contributed by atoms with van der Waals surface area (Å²) in [5, 5.41) is 0. The fourth-order valence-corrected chi connectivity index (χ4v) is 2.33. The predicted molar refractivity (Wildman–Crippen MR) is 69.7 cm³/mol. The molecule has 0 radical (unpaired) electrons. The first-order valence-electron chi connectivity index (χ1n) is 6.64. The molecule has 1 aromatic rings. The van der Waals surface area contributed by atoms with Crippen molar-refractivity contribution < 1.29 is 22.4 Å². The van der Waals surface area contributed by atoms with Crippen molar-refractivity contribution in [2.45, 2.75) is 6.18 Å². The fraction of sp³-hybridized carbons (Fsp3) is 0.500. The molecule has 1 aromatic carbocycles. The summed E-state index contributed by atoms with van der Waals surface area (Å²) < 4.78 is 50.3. The Morgan fingerprint density at radius 1 is 1.05 bits per heavy atom. The molecular formula is C14H16F4N2O. The number of nitrogens with zero attached hydrogens (tertiary/aromatic N) is 2. The third-order valence-electron chi connectivity index (χ3n) is 3.41. The molecule has 0 spiro atoms. The third-order valence-corrected chi connectivity index (χ3v) is 3.41. The van der Waals surface area contributed by atoms with Gasteiger partial charge in [0.15, 0.2) is 5.78 Å². The summed E-state index contributed by atoms with van der Waals surface area (Å²) in [5.41, 5.74) is 0.0234. The van der Waals surface area contributed by atoms with E-state index < -0.39 is 18.5 Å². The number of rotatable bonds is 4. The van der Waals surface area contributed by atoms with Crippen molar-refractivity contribution >= 4 is 5.78 Å². The number of piperazine rings is 1. The molecule has 1 aliphatic heterocycles. The highest BCUT2D eigenvalue weighted by atomic mass is 19.4. The van der Waals surface area contributed by atoms with Crippen LogP contribution in [0.4, 0.5) is 17.6 Å². The Hall–Kier alpha value is -1.47. The maximum absolute atomic E-state index is 13.5. The molecule has 1 heterocycles. The van der Waals surface area contributed by atoms with Crippen molar-refractivity contribution in [2.75, 3.05) is 39.3 Å². The predicted octanol–water partition coefficient (Wildman–Crippen LogP) is 2.19. The lowest BCUT2D eigenvalue weighted by Gasteiger charge is -2.34. The largest absolute Gasteiger partial charge is 0.401 e. The minimum Gasteiger partial charge on any atom is -0.293 e. The van der Waals surface area contributed by atoms with Crippen LogP contribution in [0, 0.1) is 5.82 Å². The second kappa shape index (κ2) is 6.53. The van der Waals surface area contributed by atoms with Gasteiger partial charge in [-0.05, 0) is 12.1 Å². The Labute approximate surface area is 120 Å². The first-order chi connectivity index (χ1) is 9.85. The van der Waals surface area contributed by atoms with Gasteiger partial charge in [-0.2, -0.15) is 13.2 Å². The minimum atomic E-state index is -4.20. The number of ketones is 1. The van der Waals surface area contributed by atoms with Crippen LogP contribution in [0.5, 0.6) is 0 Å². The van der Waals surface area contributed by atoms with E-state index in [1.54, 1.807) is 11.0 Å². The summed E-state index contributed by atoms with van der Waals surface area (Å²) in [7, 11) is 0.